The van der Waals surface area contributed by atoms with Gasteiger partial charge in [0.05, 0.1) is 29.3 Å². The van der Waals surface area contributed by atoms with Gasteiger partial charge in [0.1, 0.15) is 0 Å². The fourth-order valence-electron chi connectivity index (χ4n) is 1.89. The maximum atomic E-state index is 11.0. The number of halogens is 1. The van der Waals surface area contributed by atoms with Crippen LogP contribution in [-0.2, 0) is 6.54 Å². The van der Waals surface area contributed by atoms with Crippen LogP contribution in [0.4, 0.5) is 5.69 Å². The molecule has 2 aromatic rings. The van der Waals surface area contributed by atoms with Gasteiger partial charge in [-0.25, -0.2) is 0 Å². The van der Waals surface area contributed by atoms with Crippen LogP contribution in [0.5, 0.6) is 0 Å². The minimum Gasteiger partial charge on any atom is -0.388 e. The third-order valence-corrected chi connectivity index (χ3v) is 3.49. The summed E-state index contributed by atoms with van der Waals surface area (Å²) in [4.78, 5) is 10.6. The van der Waals surface area contributed by atoms with E-state index in [0.717, 1.165) is 0 Å². The number of benzene rings is 1. The molecule has 1 aromatic heterocycles. The molecule has 106 valence electrons. The molecule has 0 saturated heterocycles. The molecule has 1 unspecified atom stereocenters. The molecule has 0 aliphatic carbocycles. The molecule has 0 spiro atoms. The van der Waals surface area contributed by atoms with Gasteiger partial charge in [-0.2, -0.15) is 5.10 Å². The summed E-state index contributed by atoms with van der Waals surface area (Å²) >= 11 is 3.22. The third kappa shape index (κ3) is 3.23. The summed E-state index contributed by atoms with van der Waals surface area (Å²) in [5, 5.41) is 24.9. The van der Waals surface area contributed by atoms with Crippen molar-refractivity contribution in [2.75, 3.05) is 0 Å². The normalized spacial score (nSPS) is 12.3. The van der Waals surface area contributed by atoms with Crippen molar-refractivity contribution >= 4 is 21.6 Å². The number of aliphatic hydroxyl groups excluding tert-OH is 1. The van der Waals surface area contributed by atoms with Crippen LogP contribution >= 0.6 is 15.9 Å². The van der Waals surface area contributed by atoms with Crippen LogP contribution in [-0.4, -0.2) is 19.8 Å². The minimum absolute atomic E-state index is 0.0486. The fraction of sp³-hybridized carbons (Fsp3) is 0.308. The zero-order chi connectivity index (χ0) is 14.7. The lowest BCUT2D eigenvalue weighted by Gasteiger charge is -2.05. The minimum atomic E-state index is -0.552. The summed E-state index contributed by atoms with van der Waals surface area (Å²) in [5.41, 5.74) is 1.33. The lowest BCUT2D eigenvalue weighted by molar-refractivity contribution is -0.385. The summed E-state index contributed by atoms with van der Waals surface area (Å²) in [6, 6.07) is 4.92. The summed E-state index contributed by atoms with van der Waals surface area (Å²) in [7, 11) is 0. The number of aliphatic hydroxyl groups is 1. The molecule has 1 N–H and O–H groups in total. The molecule has 0 radical (unpaired) electrons. The van der Waals surface area contributed by atoms with Gasteiger partial charge in [-0.3, -0.25) is 14.8 Å². The van der Waals surface area contributed by atoms with Crippen molar-refractivity contribution < 1.29 is 10.0 Å². The number of rotatable bonds is 5. The van der Waals surface area contributed by atoms with Crippen molar-refractivity contribution in [1.29, 1.82) is 0 Å². The van der Waals surface area contributed by atoms with Crippen molar-refractivity contribution in [1.82, 2.24) is 9.78 Å². The number of aromatic nitrogens is 2. The van der Waals surface area contributed by atoms with E-state index >= 15 is 0 Å². The van der Waals surface area contributed by atoms with Crippen LogP contribution < -0.4 is 0 Å². The lowest BCUT2D eigenvalue weighted by atomic mass is 10.1. The second-order valence-electron chi connectivity index (χ2n) is 4.43. The van der Waals surface area contributed by atoms with Crippen LogP contribution in [0, 0.1) is 10.1 Å². The zero-order valence-corrected chi connectivity index (χ0v) is 12.4. The second-order valence-corrected chi connectivity index (χ2v) is 5.34. The highest BCUT2D eigenvalue weighted by molar-refractivity contribution is 9.10. The van der Waals surface area contributed by atoms with E-state index in [2.05, 4.69) is 21.0 Å². The Bertz CT molecular complexity index is 627. The molecule has 0 saturated carbocycles. The summed E-state index contributed by atoms with van der Waals surface area (Å²) < 4.78 is 2.25. The molecule has 0 fully saturated rings. The molecule has 7 heteroatoms. The third-order valence-electron chi connectivity index (χ3n) is 3.00. The van der Waals surface area contributed by atoms with Crippen molar-refractivity contribution in [3.8, 4) is 0 Å². The highest BCUT2D eigenvalue weighted by Crippen LogP contribution is 2.24. The molecule has 20 heavy (non-hydrogen) atoms. The van der Waals surface area contributed by atoms with Crippen molar-refractivity contribution in [2.45, 2.75) is 26.0 Å². The van der Waals surface area contributed by atoms with Crippen LogP contribution in [0.3, 0.4) is 0 Å². The van der Waals surface area contributed by atoms with Crippen LogP contribution in [0.1, 0.15) is 30.6 Å². The summed E-state index contributed by atoms with van der Waals surface area (Å²) in [6.07, 6.45) is 3.34. The van der Waals surface area contributed by atoms with Crippen molar-refractivity contribution in [3.05, 3.63) is 56.3 Å². The predicted molar refractivity (Wildman–Crippen MR) is 77.4 cm³/mol. The average Bonchev–Trinajstić information content (AvgIpc) is 2.88. The molecule has 1 atom stereocenters. The quantitative estimate of drug-likeness (QED) is 0.670. The number of nitro groups is 1. The van der Waals surface area contributed by atoms with Gasteiger partial charge < -0.3 is 5.11 Å². The van der Waals surface area contributed by atoms with E-state index in [-0.39, 0.29) is 5.69 Å². The van der Waals surface area contributed by atoms with Crippen molar-refractivity contribution in [3.63, 3.8) is 0 Å². The Morgan fingerprint density at radius 1 is 1.55 bits per heavy atom. The molecule has 0 aliphatic heterocycles. The number of nitrogens with zero attached hydrogens (tertiary/aromatic N) is 3. The Hall–Kier alpha value is -1.73. The van der Waals surface area contributed by atoms with E-state index in [1.54, 1.807) is 29.2 Å². The van der Waals surface area contributed by atoms with Gasteiger partial charge in [-0.05, 0) is 18.6 Å². The zero-order valence-electron chi connectivity index (χ0n) is 10.9. The van der Waals surface area contributed by atoms with E-state index in [1.165, 1.54) is 6.07 Å². The first-order chi connectivity index (χ1) is 9.51. The van der Waals surface area contributed by atoms with Gasteiger partial charge >= 0.3 is 0 Å². The molecular formula is C13H14BrN3O3. The average molecular weight is 340 g/mol. The molecular weight excluding hydrogens is 326 g/mol. The standard InChI is InChI=1S/C13H14BrN3O3/c1-2-13(18)10-6-15-16(8-10)7-9-3-4-11(14)5-12(9)17(19)20/h3-6,8,13,18H,2,7H2,1H3. The smallest absolute Gasteiger partial charge is 0.275 e. The Kier molecular flexibility index (Phi) is 4.51. The lowest BCUT2D eigenvalue weighted by Crippen LogP contribution is -2.03. The molecule has 0 aliphatic rings. The van der Waals surface area contributed by atoms with Crippen LogP contribution in [0.15, 0.2) is 35.1 Å². The monoisotopic (exact) mass is 339 g/mol. The SMILES string of the molecule is CCC(O)c1cnn(Cc2ccc(Br)cc2[N+](=O)[O-])c1. The first-order valence-electron chi connectivity index (χ1n) is 6.14. The van der Waals surface area contributed by atoms with E-state index in [0.29, 0.717) is 28.6 Å². The Labute approximate surface area is 124 Å². The largest absolute Gasteiger partial charge is 0.388 e. The van der Waals surface area contributed by atoms with E-state index in [4.69, 9.17) is 0 Å². The van der Waals surface area contributed by atoms with Gasteiger partial charge in [0, 0.05) is 22.3 Å². The molecule has 0 bridgehead atoms. The number of hydrogen-bond acceptors (Lipinski definition) is 4. The van der Waals surface area contributed by atoms with Crippen LogP contribution in [0.2, 0.25) is 0 Å². The van der Waals surface area contributed by atoms with E-state index in [9.17, 15) is 15.2 Å². The van der Waals surface area contributed by atoms with Crippen molar-refractivity contribution in [2.24, 2.45) is 0 Å². The maximum Gasteiger partial charge on any atom is 0.275 e. The molecule has 1 heterocycles. The van der Waals surface area contributed by atoms with Gasteiger partial charge in [0.15, 0.2) is 0 Å². The first kappa shape index (κ1) is 14.7. The van der Waals surface area contributed by atoms with Gasteiger partial charge in [0.25, 0.3) is 5.69 Å². The van der Waals surface area contributed by atoms with Crippen LogP contribution in [0.25, 0.3) is 0 Å². The van der Waals surface area contributed by atoms with E-state index < -0.39 is 11.0 Å². The molecule has 1 aromatic carbocycles. The highest BCUT2D eigenvalue weighted by atomic mass is 79.9. The highest BCUT2D eigenvalue weighted by Gasteiger charge is 2.15. The van der Waals surface area contributed by atoms with E-state index in [1.807, 2.05) is 6.92 Å². The Balaban J connectivity index is 2.26. The molecule has 6 nitrogen and oxygen atoms in total. The Morgan fingerprint density at radius 2 is 2.30 bits per heavy atom. The number of nitro benzene ring substituents is 1. The summed E-state index contributed by atoms with van der Waals surface area (Å²) in [6.45, 7) is 2.17. The topological polar surface area (TPSA) is 81.2 Å². The van der Waals surface area contributed by atoms with Gasteiger partial charge in [-0.1, -0.05) is 22.9 Å². The van der Waals surface area contributed by atoms with Gasteiger partial charge in [-0.15, -0.1) is 0 Å². The fourth-order valence-corrected chi connectivity index (χ4v) is 2.24. The summed E-state index contributed by atoms with van der Waals surface area (Å²) in [5.74, 6) is 0. The maximum absolute atomic E-state index is 11.0. The second kappa shape index (κ2) is 6.15. The Morgan fingerprint density at radius 3 is 2.95 bits per heavy atom. The van der Waals surface area contributed by atoms with Gasteiger partial charge in [0.2, 0.25) is 0 Å². The predicted octanol–water partition coefficient (Wildman–Crippen LogP) is 3.05. The molecule has 2 rings (SSSR count). The first-order valence-corrected chi connectivity index (χ1v) is 6.93. The number of hydrogen-bond donors (Lipinski definition) is 1. The molecule has 0 amide bonds.